The van der Waals surface area contributed by atoms with Crippen molar-refractivity contribution in [2.45, 2.75) is 12.0 Å². The molecule has 0 bridgehead atoms. The van der Waals surface area contributed by atoms with Crippen LogP contribution in [0.15, 0.2) is 60.1 Å². The highest BCUT2D eigenvalue weighted by molar-refractivity contribution is 7.13. The summed E-state index contributed by atoms with van der Waals surface area (Å²) in [5.74, 6) is -0.133. The van der Waals surface area contributed by atoms with Gasteiger partial charge in [0.15, 0.2) is 5.13 Å². The molecular formula is C21H19N3O3S. The van der Waals surface area contributed by atoms with E-state index < -0.39 is 12.0 Å². The molecule has 0 saturated carbocycles. The van der Waals surface area contributed by atoms with E-state index in [1.54, 1.807) is 36.7 Å². The lowest BCUT2D eigenvalue weighted by atomic mass is 9.79. The van der Waals surface area contributed by atoms with Crippen LogP contribution in [0.25, 0.3) is 0 Å². The molecule has 1 aliphatic rings. The first-order valence-electron chi connectivity index (χ1n) is 8.80. The Balaban J connectivity index is 1.80. The van der Waals surface area contributed by atoms with Gasteiger partial charge in [-0.25, -0.2) is 4.98 Å². The molecule has 0 saturated heterocycles. The summed E-state index contributed by atoms with van der Waals surface area (Å²) in [5, 5.41) is 5.24. The van der Waals surface area contributed by atoms with Crippen LogP contribution in [0, 0.1) is 0 Å². The van der Waals surface area contributed by atoms with Gasteiger partial charge in [0.2, 0.25) is 5.91 Å². The van der Waals surface area contributed by atoms with Crippen LogP contribution >= 0.6 is 11.3 Å². The van der Waals surface area contributed by atoms with E-state index in [-0.39, 0.29) is 11.8 Å². The van der Waals surface area contributed by atoms with E-state index in [4.69, 9.17) is 4.74 Å². The van der Waals surface area contributed by atoms with Gasteiger partial charge in [-0.3, -0.25) is 9.59 Å². The van der Waals surface area contributed by atoms with Gasteiger partial charge in [0, 0.05) is 24.2 Å². The molecule has 1 aliphatic heterocycles. The number of nitrogens with zero attached hydrogens (tertiary/aromatic N) is 2. The third kappa shape index (κ3) is 3.14. The number of nitrogens with one attached hydrogen (secondary N) is 1. The van der Waals surface area contributed by atoms with Crippen LogP contribution in [-0.2, 0) is 4.79 Å². The first kappa shape index (κ1) is 18.2. The number of aromatic nitrogens is 1. The molecule has 3 aromatic rings. The average molecular weight is 393 g/mol. The summed E-state index contributed by atoms with van der Waals surface area (Å²) in [6, 6.07) is 14.3. The molecule has 2 amide bonds. The van der Waals surface area contributed by atoms with Crippen molar-refractivity contribution in [3.8, 4) is 5.75 Å². The molecular weight excluding hydrogens is 374 g/mol. The standard InChI is InChI=1S/C21H19N3O3S/c1-24-18(13-7-9-14(27-2)10-8-13)17(19(25)23-21-22-11-12-28-21)15-5-3-4-6-16(15)20(24)26/h3-12,17-18H,1-2H3,(H,22,23,25)/t17-,18+/m0/s1. The van der Waals surface area contributed by atoms with Gasteiger partial charge < -0.3 is 15.0 Å². The number of methoxy groups -OCH3 is 1. The van der Waals surface area contributed by atoms with Crippen molar-refractivity contribution < 1.29 is 14.3 Å². The van der Waals surface area contributed by atoms with E-state index in [0.29, 0.717) is 10.7 Å². The number of amides is 2. The number of ether oxygens (including phenoxy) is 1. The molecule has 6 nitrogen and oxygen atoms in total. The third-order valence-electron chi connectivity index (χ3n) is 4.98. The van der Waals surface area contributed by atoms with Crippen molar-refractivity contribution in [1.82, 2.24) is 9.88 Å². The van der Waals surface area contributed by atoms with E-state index in [2.05, 4.69) is 10.3 Å². The van der Waals surface area contributed by atoms with Crippen molar-refractivity contribution in [1.29, 1.82) is 0 Å². The quantitative estimate of drug-likeness (QED) is 0.734. The first-order chi connectivity index (χ1) is 13.6. The number of thiazole rings is 1. The van der Waals surface area contributed by atoms with Crippen LogP contribution < -0.4 is 10.1 Å². The second kappa shape index (κ2) is 7.44. The maximum absolute atomic E-state index is 13.3. The summed E-state index contributed by atoms with van der Waals surface area (Å²) >= 11 is 1.36. The number of fused-ring (bicyclic) bond motifs is 1. The predicted molar refractivity (Wildman–Crippen MR) is 108 cm³/mol. The number of carbonyl (C=O) groups excluding carboxylic acids is 2. The summed E-state index contributed by atoms with van der Waals surface area (Å²) in [6.45, 7) is 0. The molecule has 2 heterocycles. The summed E-state index contributed by atoms with van der Waals surface area (Å²) in [6.07, 6.45) is 1.64. The highest BCUT2D eigenvalue weighted by Crippen LogP contribution is 2.42. The van der Waals surface area contributed by atoms with Crippen LogP contribution in [0.4, 0.5) is 5.13 Å². The minimum Gasteiger partial charge on any atom is -0.497 e. The fourth-order valence-corrected chi connectivity index (χ4v) is 4.17. The van der Waals surface area contributed by atoms with Gasteiger partial charge >= 0.3 is 0 Å². The van der Waals surface area contributed by atoms with Crippen molar-refractivity contribution >= 4 is 28.3 Å². The zero-order chi connectivity index (χ0) is 19.7. The van der Waals surface area contributed by atoms with E-state index in [1.165, 1.54) is 11.3 Å². The van der Waals surface area contributed by atoms with E-state index in [0.717, 1.165) is 16.9 Å². The van der Waals surface area contributed by atoms with E-state index in [9.17, 15) is 9.59 Å². The maximum Gasteiger partial charge on any atom is 0.254 e. The number of rotatable bonds is 4. The normalized spacial score (nSPS) is 18.5. The Labute approximate surface area is 166 Å². The van der Waals surface area contributed by atoms with Crippen molar-refractivity contribution in [3.05, 3.63) is 76.8 Å². The van der Waals surface area contributed by atoms with Gasteiger partial charge in [-0.1, -0.05) is 30.3 Å². The van der Waals surface area contributed by atoms with Gasteiger partial charge in [0.25, 0.3) is 5.91 Å². The lowest BCUT2D eigenvalue weighted by molar-refractivity contribution is -0.119. The van der Waals surface area contributed by atoms with E-state index >= 15 is 0 Å². The molecule has 2 atom stereocenters. The predicted octanol–water partition coefficient (Wildman–Crippen LogP) is 3.70. The fourth-order valence-electron chi connectivity index (χ4n) is 3.64. The van der Waals surface area contributed by atoms with Crippen LogP contribution in [0.2, 0.25) is 0 Å². The lowest BCUT2D eigenvalue weighted by Gasteiger charge is -2.39. The lowest BCUT2D eigenvalue weighted by Crippen LogP contribution is -2.44. The van der Waals surface area contributed by atoms with Crippen molar-refractivity contribution in [3.63, 3.8) is 0 Å². The molecule has 7 heteroatoms. The summed E-state index contributed by atoms with van der Waals surface area (Å²) in [5.41, 5.74) is 2.14. The molecule has 0 fully saturated rings. The van der Waals surface area contributed by atoms with E-state index in [1.807, 2.05) is 42.5 Å². The molecule has 0 radical (unpaired) electrons. The molecule has 1 aromatic heterocycles. The SMILES string of the molecule is COc1ccc([C@@H]2[C@@H](C(=O)Nc3nccs3)c3ccccc3C(=O)N2C)cc1. The largest absolute Gasteiger partial charge is 0.497 e. The second-order valence-electron chi connectivity index (χ2n) is 6.53. The smallest absolute Gasteiger partial charge is 0.254 e. The number of likely N-dealkylation sites (N-methyl/N-ethyl adjacent to an activating group) is 1. The molecule has 1 N–H and O–H groups in total. The number of hydrogen-bond donors (Lipinski definition) is 1. The third-order valence-corrected chi connectivity index (χ3v) is 5.67. The Morgan fingerprint density at radius 2 is 1.93 bits per heavy atom. The topological polar surface area (TPSA) is 71.5 Å². The molecule has 0 spiro atoms. The Kier molecular flexibility index (Phi) is 4.83. The minimum absolute atomic E-state index is 0.102. The van der Waals surface area contributed by atoms with Crippen LogP contribution in [0.3, 0.4) is 0 Å². The number of carbonyl (C=O) groups is 2. The van der Waals surface area contributed by atoms with Gasteiger partial charge in [-0.2, -0.15) is 0 Å². The molecule has 0 unspecified atom stereocenters. The molecule has 142 valence electrons. The Hall–Kier alpha value is -3.19. The molecule has 2 aromatic carbocycles. The minimum atomic E-state index is -0.559. The molecule has 28 heavy (non-hydrogen) atoms. The van der Waals surface area contributed by atoms with Crippen LogP contribution in [0.5, 0.6) is 5.75 Å². The van der Waals surface area contributed by atoms with Gasteiger partial charge in [-0.05, 0) is 29.3 Å². The van der Waals surface area contributed by atoms with Crippen molar-refractivity contribution in [2.24, 2.45) is 0 Å². The average Bonchev–Trinajstić information content (AvgIpc) is 3.23. The highest BCUT2D eigenvalue weighted by atomic mass is 32.1. The zero-order valence-corrected chi connectivity index (χ0v) is 16.3. The first-order valence-corrected chi connectivity index (χ1v) is 9.68. The van der Waals surface area contributed by atoms with Crippen LogP contribution in [-0.4, -0.2) is 35.9 Å². The monoisotopic (exact) mass is 393 g/mol. The highest BCUT2D eigenvalue weighted by Gasteiger charge is 2.42. The summed E-state index contributed by atoms with van der Waals surface area (Å²) in [7, 11) is 3.34. The second-order valence-corrected chi connectivity index (χ2v) is 7.42. The van der Waals surface area contributed by atoms with Crippen LogP contribution in [0.1, 0.15) is 33.4 Å². The zero-order valence-electron chi connectivity index (χ0n) is 15.5. The number of anilines is 1. The Bertz CT molecular complexity index is 1000. The van der Waals surface area contributed by atoms with Gasteiger partial charge in [0.1, 0.15) is 5.75 Å². The Morgan fingerprint density at radius 1 is 1.18 bits per heavy atom. The summed E-state index contributed by atoms with van der Waals surface area (Å²) in [4.78, 5) is 32.0. The fraction of sp³-hybridized carbons (Fsp3) is 0.190. The van der Waals surface area contributed by atoms with Gasteiger partial charge in [-0.15, -0.1) is 11.3 Å². The number of benzene rings is 2. The molecule has 4 rings (SSSR count). The maximum atomic E-state index is 13.3. The molecule has 0 aliphatic carbocycles. The number of hydrogen-bond acceptors (Lipinski definition) is 5. The van der Waals surface area contributed by atoms with Gasteiger partial charge in [0.05, 0.1) is 19.1 Å². The van der Waals surface area contributed by atoms with Crippen molar-refractivity contribution in [2.75, 3.05) is 19.5 Å². The Morgan fingerprint density at radius 3 is 2.61 bits per heavy atom. The summed E-state index contributed by atoms with van der Waals surface area (Å²) < 4.78 is 5.24.